The van der Waals surface area contributed by atoms with Crippen molar-refractivity contribution in [2.45, 2.75) is 64.6 Å². The minimum Gasteiger partial charge on any atom is -0.467 e. The summed E-state index contributed by atoms with van der Waals surface area (Å²) in [6.07, 6.45) is 7.40. The van der Waals surface area contributed by atoms with Crippen LogP contribution < -0.4 is 5.32 Å². The van der Waals surface area contributed by atoms with E-state index in [0.717, 1.165) is 25.0 Å². The van der Waals surface area contributed by atoms with Crippen LogP contribution in [-0.2, 0) is 11.3 Å². The molecule has 0 radical (unpaired) electrons. The van der Waals surface area contributed by atoms with Gasteiger partial charge in [-0.2, -0.15) is 0 Å². The molecule has 0 spiro atoms. The van der Waals surface area contributed by atoms with Gasteiger partial charge in [-0.25, -0.2) is 0 Å². The van der Waals surface area contributed by atoms with Gasteiger partial charge in [0.05, 0.1) is 19.4 Å². The molecule has 0 saturated heterocycles. The minimum atomic E-state index is 0.189. The summed E-state index contributed by atoms with van der Waals surface area (Å²) in [5.41, 5.74) is 0. The Labute approximate surface area is 121 Å². The third-order valence-electron chi connectivity index (χ3n) is 4.21. The van der Waals surface area contributed by atoms with Crippen molar-refractivity contribution >= 4 is 5.91 Å². The normalized spacial score (nSPS) is 17.3. The third-order valence-corrected chi connectivity index (χ3v) is 4.21. The van der Waals surface area contributed by atoms with Crippen LogP contribution in [0.1, 0.15) is 51.7 Å². The Balaban J connectivity index is 1.95. The van der Waals surface area contributed by atoms with Crippen molar-refractivity contribution in [1.82, 2.24) is 10.2 Å². The summed E-state index contributed by atoms with van der Waals surface area (Å²) in [4.78, 5) is 14.5. The van der Waals surface area contributed by atoms with Crippen molar-refractivity contribution in [2.24, 2.45) is 0 Å². The van der Waals surface area contributed by atoms with Gasteiger partial charge in [-0.15, -0.1) is 0 Å². The molecule has 1 saturated carbocycles. The Kier molecular flexibility index (Phi) is 5.65. The van der Waals surface area contributed by atoms with E-state index in [2.05, 4.69) is 19.2 Å². The average molecular weight is 278 g/mol. The van der Waals surface area contributed by atoms with E-state index in [0.29, 0.717) is 25.2 Å². The molecule has 1 aliphatic carbocycles. The minimum absolute atomic E-state index is 0.189. The van der Waals surface area contributed by atoms with Crippen molar-refractivity contribution in [2.75, 3.05) is 6.54 Å². The number of furan rings is 1. The predicted molar refractivity (Wildman–Crippen MR) is 79.3 cm³/mol. The molecule has 0 bridgehead atoms. The first-order valence-electron chi connectivity index (χ1n) is 7.76. The molecule has 1 heterocycles. The fraction of sp³-hybridized carbons (Fsp3) is 0.688. The fourth-order valence-corrected chi connectivity index (χ4v) is 2.71. The largest absolute Gasteiger partial charge is 0.467 e. The van der Waals surface area contributed by atoms with Gasteiger partial charge in [0, 0.05) is 12.1 Å². The highest BCUT2D eigenvalue weighted by molar-refractivity contribution is 5.78. The first-order valence-corrected chi connectivity index (χ1v) is 7.76. The average Bonchev–Trinajstić information content (AvgIpc) is 3.14. The molecule has 4 heteroatoms. The molecule has 0 aliphatic heterocycles. The van der Waals surface area contributed by atoms with Gasteiger partial charge in [-0.05, 0) is 38.3 Å². The summed E-state index contributed by atoms with van der Waals surface area (Å²) < 4.78 is 5.41. The Hall–Kier alpha value is -1.29. The molecular weight excluding hydrogens is 252 g/mol. The number of carbonyl (C=O) groups excluding carboxylic acids is 1. The molecule has 1 aromatic rings. The second kappa shape index (κ2) is 7.48. The lowest BCUT2D eigenvalue weighted by atomic mass is 10.2. The fourth-order valence-electron chi connectivity index (χ4n) is 2.71. The first-order chi connectivity index (χ1) is 9.70. The van der Waals surface area contributed by atoms with Crippen LogP contribution in [0.5, 0.6) is 0 Å². The number of hydrogen-bond acceptors (Lipinski definition) is 3. The zero-order valence-corrected chi connectivity index (χ0v) is 12.6. The van der Waals surface area contributed by atoms with Gasteiger partial charge >= 0.3 is 0 Å². The first kappa shape index (κ1) is 15.1. The highest BCUT2D eigenvalue weighted by Gasteiger charge is 2.27. The van der Waals surface area contributed by atoms with Gasteiger partial charge in [0.2, 0.25) is 5.91 Å². The van der Waals surface area contributed by atoms with Gasteiger partial charge in [0.15, 0.2) is 0 Å². The summed E-state index contributed by atoms with van der Waals surface area (Å²) in [7, 11) is 0. The number of carbonyl (C=O) groups is 1. The monoisotopic (exact) mass is 278 g/mol. The lowest BCUT2D eigenvalue weighted by molar-refractivity contribution is -0.133. The van der Waals surface area contributed by atoms with Gasteiger partial charge in [-0.3, -0.25) is 4.79 Å². The highest BCUT2D eigenvalue weighted by Crippen LogP contribution is 2.25. The molecule has 20 heavy (non-hydrogen) atoms. The summed E-state index contributed by atoms with van der Waals surface area (Å²) in [6, 6.07) is 4.58. The van der Waals surface area contributed by atoms with E-state index < -0.39 is 0 Å². The number of rotatable bonds is 7. The van der Waals surface area contributed by atoms with Crippen molar-refractivity contribution in [1.29, 1.82) is 0 Å². The van der Waals surface area contributed by atoms with Gasteiger partial charge in [0.1, 0.15) is 5.76 Å². The van der Waals surface area contributed by atoms with E-state index >= 15 is 0 Å². The van der Waals surface area contributed by atoms with Crippen LogP contribution in [0.4, 0.5) is 0 Å². The van der Waals surface area contributed by atoms with E-state index in [1.165, 1.54) is 12.8 Å². The molecule has 1 aliphatic rings. The van der Waals surface area contributed by atoms with Gasteiger partial charge in [0.25, 0.3) is 0 Å². The zero-order valence-electron chi connectivity index (χ0n) is 12.6. The van der Waals surface area contributed by atoms with E-state index in [-0.39, 0.29) is 5.91 Å². The van der Waals surface area contributed by atoms with Crippen LogP contribution in [0.15, 0.2) is 22.8 Å². The van der Waals surface area contributed by atoms with Crippen LogP contribution in [0.25, 0.3) is 0 Å². The molecular formula is C16H26N2O2. The van der Waals surface area contributed by atoms with E-state index in [1.54, 1.807) is 6.26 Å². The molecule has 0 aromatic carbocycles. The predicted octanol–water partition coefficient (Wildman–Crippen LogP) is 2.94. The molecule has 112 valence electrons. The van der Waals surface area contributed by atoms with Crippen LogP contribution in [0.3, 0.4) is 0 Å². The Bertz CT molecular complexity index is 397. The second-order valence-corrected chi connectivity index (χ2v) is 5.73. The summed E-state index contributed by atoms with van der Waals surface area (Å²) >= 11 is 0. The number of hydrogen-bond donors (Lipinski definition) is 1. The van der Waals surface area contributed by atoms with Crippen molar-refractivity contribution in [3.05, 3.63) is 24.2 Å². The van der Waals surface area contributed by atoms with E-state index in [1.807, 2.05) is 17.0 Å². The lowest BCUT2D eigenvalue weighted by Gasteiger charge is -2.29. The van der Waals surface area contributed by atoms with Crippen LogP contribution in [-0.4, -0.2) is 29.4 Å². The Morgan fingerprint density at radius 2 is 2.25 bits per heavy atom. The van der Waals surface area contributed by atoms with Crippen molar-refractivity contribution in [3.63, 3.8) is 0 Å². The SMILES string of the molecule is CCC(C)NCC(=O)N(Cc1ccco1)C1CCCC1. The van der Waals surface area contributed by atoms with Gasteiger partial charge < -0.3 is 14.6 Å². The summed E-state index contributed by atoms with van der Waals surface area (Å²) in [6.45, 7) is 5.25. The zero-order chi connectivity index (χ0) is 14.4. The quantitative estimate of drug-likeness (QED) is 0.834. The molecule has 1 unspecified atom stereocenters. The maximum atomic E-state index is 12.5. The molecule has 4 nitrogen and oxygen atoms in total. The Morgan fingerprint density at radius 1 is 1.50 bits per heavy atom. The van der Waals surface area contributed by atoms with E-state index in [9.17, 15) is 4.79 Å². The second-order valence-electron chi connectivity index (χ2n) is 5.73. The number of nitrogens with zero attached hydrogens (tertiary/aromatic N) is 1. The maximum absolute atomic E-state index is 12.5. The molecule has 1 atom stereocenters. The van der Waals surface area contributed by atoms with Crippen molar-refractivity contribution < 1.29 is 9.21 Å². The summed E-state index contributed by atoms with van der Waals surface area (Å²) in [5, 5.41) is 3.29. The van der Waals surface area contributed by atoms with Crippen LogP contribution >= 0.6 is 0 Å². The van der Waals surface area contributed by atoms with Crippen LogP contribution in [0, 0.1) is 0 Å². The number of nitrogens with one attached hydrogen (secondary N) is 1. The van der Waals surface area contributed by atoms with Crippen LogP contribution in [0.2, 0.25) is 0 Å². The number of amides is 1. The lowest BCUT2D eigenvalue weighted by Crippen LogP contribution is -2.44. The van der Waals surface area contributed by atoms with Gasteiger partial charge in [-0.1, -0.05) is 19.8 Å². The molecule has 1 fully saturated rings. The molecule has 1 amide bonds. The smallest absolute Gasteiger partial charge is 0.237 e. The highest BCUT2D eigenvalue weighted by atomic mass is 16.3. The topological polar surface area (TPSA) is 45.5 Å². The molecule has 1 N–H and O–H groups in total. The Morgan fingerprint density at radius 3 is 2.85 bits per heavy atom. The summed E-state index contributed by atoms with van der Waals surface area (Å²) in [5.74, 6) is 1.06. The van der Waals surface area contributed by atoms with Crippen molar-refractivity contribution in [3.8, 4) is 0 Å². The molecule has 2 rings (SSSR count). The standard InChI is InChI=1S/C16H26N2O2/c1-3-13(2)17-11-16(19)18(14-7-4-5-8-14)12-15-9-6-10-20-15/h6,9-10,13-14,17H,3-5,7-8,11-12H2,1-2H3. The maximum Gasteiger partial charge on any atom is 0.237 e. The third kappa shape index (κ3) is 4.10. The van der Waals surface area contributed by atoms with E-state index in [4.69, 9.17) is 4.42 Å². The molecule has 1 aromatic heterocycles.